The average molecular weight is 355 g/mol. The summed E-state index contributed by atoms with van der Waals surface area (Å²) in [4.78, 5) is 4.93. The first-order valence-corrected chi connectivity index (χ1v) is 8.75. The van der Waals surface area contributed by atoms with E-state index in [1.807, 2.05) is 24.3 Å². The van der Waals surface area contributed by atoms with Gasteiger partial charge in [0, 0.05) is 23.6 Å². The molecule has 1 aromatic rings. The van der Waals surface area contributed by atoms with Crippen molar-refractivity contribution in [1.29, 1.82) is 0 Å². The summed E-state index contributed by atoms with van der Waals surface area (Å²) in [5, 5.41) is 10.3. The zero-order valence-electron chi connectivity index (χ0n) is 13.1. The molecule has 0 aromatic heterocycles. The van der Waals surface area contributed by atoms with E-state index in [0.717, 1.165) is 36.1 Å². The molecule has 1 aliphatic rings. The fourth-order valence-electron chi connectivity index (χ4n) is 3.16. The Morgan fingerprint density at radius 1 is 1.38 bits per heavy atom. The van der Waals surface area contributed by atoms with Gasteiger partial charge in [-0.25, -0.2) is 0 Å². The lowest BCUT2D eigenvalue weighted by atomic mass is 10.1. The van der Waals surface area contributed by atoms with Crippen LogP contribution in [-0.2, 0) is 0 Å². The average Bonchev–Trinajstić information content (AvgIpc) is 2.92. The van der Waals surface area contributed by atoms with Gasteiger partial charge in [-0.1, -0.05) is 35.0 Å². The van der Waals surface area contributed by atoms with Crippen LogP contribution >= 0.6 is 15.9 Å². The Kier molecular flexibility index (Phi) is 6.68. The molecule has 0 saturated carbocycles. The molecule has 3 nitrogen and oxygen atoms in total. The largest absolute Gasteiger partial charge is 0.388 e. The fourth-order valence-corrected chi connectivity index (χ4v) is 3.43. The highest BCUT2D eigenvalue weighted by molar-refractivity contribution is 9.10. The highest BCUT2D eigenvalue weighted by Crippen LogP contribution is 2.21. The molecule has 0 bridgehead atoms. The molecule has 1 aliphatic heterocycles. The summed E-state index contributed by atoms with van der Waals surface area (Å²) in [7, 11) is 2.17. The minimum absolute atomic E-state index is 0.369. The summed E-state index contributed by atoms with van der Waals surface area (Å²) in [6.07, 6.45) is 3.06. The molecule has 1 N–H and O–H groups in total. The number of halogens is 1. The first-order valence-electron chi connectivity index (χ1n) is 7.96. The summed E-state index contributed by atoms with van der Waals surface area (Å²) in [5.41, 5.74) is 1.00. The third-order valence-corrected chi connectivity index (χ3v) is 5.00. The Morgan fingerprint density at radius 3 is 2.76 bits per heavy atom. The number of likely N-dealkylation sites (N-methyl/N-ethyl adjacent to an activating group) is 2. The standard InChI is InChI=1S/C17H27BrN2O/c1-3-20-11-4-5-16(20)13-19(2)12-10-17(21)14-6-8-15(18)9-7-14/h6-9,16-17,21H,3-5,10-13H2,1-2H3. The molecule has 4 heteroatoms. The van der Waals surface area contributed by atoms with Crippen LogP contribution in [0.4, 0.5) is 0 Å². The van der Waals surface area contributed by atoms with Gasteiger partial charge in [0.1, 0.15) is 0 Å². The molecule has 2 rings (SSSR count). The van der Waals surface area contributed by atoms with Crippen LogP contribution in [0.5, 0.6) is 0 Å². The zero-order valence-corrected chi connectivity index (χ0v) is 14.7. The van der Waals surface area contributed by atoms with Crippen molar-refractivity contribution in [2.24, 2.45) is 0 Å². The van der Waals surface area contributed by atoms with Crippen LogP contribution in [0.1, 0.15) is 37.9 Å². The van der Waals surface area contributed by atoms with E-state index in [1.54, 1.807) is 0 Å². The third-order valence-electron chi connectivity index (χ3n) is 4.47. The Bertz CT molecular complexity index is 423. The van der Waals surface area contributed by atoms with E-state index in [0.29, 0.717) is 6.04 Å². The summed E-state index contributed by atoms with van der Waals surface area (Å²) in [5.74, 6) is 0. The molecule has 1 fully saturated rings. The molecule has 1 heterocycles. The minimum atomic E-state index is -0.369. The molecule has 1 aromatic carbocycles. The zero-order chi connectivity index (χ0) is 15.2. The second-order valence-electron chi connectivity index (χ2n) is 6.04. The van der Waals surface area contributed by atoms with Crippen molar-refractivity contribution in [3.05, 3.63) is 34.3 Å². The first kappa shape index (κ1) is 16.9. The predicted molar refractivity (Wildman–Crippen MR) is 91.5 cm³/mol. The van der Waals surface area contributed by atoms with Crippen molar-refractivity contribution in [1.82, 2.24) is 9.80 Å². The number of hydrogen-bond acceptors (Lipinski definition) is 3. The normalized spacial score (nSPS) is 21.1. The number of nitrogens with zero attached hydrogens (tertiary/aromatic N) is 2. The van der Waals surface area contributed by atoms with Gasteiger partial charge >= 0.3 is 0 Å². The molecular formula is C17H27BrN2O. The quantitative estimate of drug-likeness (QED) is 0.813. The number of aliphatic hydroxyl groups excluding tert-OH is 1. The highest BCUT2D eigenvalue weighted by atomic mass is 79.9. The maximum absolute atomic E-state index is 10.3. The molecule has 118 valence electrons. The Hall–Kier alpha value is -0.420. The van der Waals surface area contributed by atoms with E-state index < -0.39 is 0 Å². The lowest BCUT2D eigenvalue weighted by molar-refractivity contribution is 0.137. The lowest BCUT2D eigenvalue weighted by Gasteiger charge is -2.28. The number of likely N-dealkylation sites (tertiary alicyclic amines) is 1. The van der Waals surface area contributed by atoms with Gasteiger partial charge in [0.15, 0.2) is 0 Å². The van der Waals surface area contributed by atoms with Gasteiger partial charge in [0.05, 0.1) is 6.10 Å². The van der Waals surface area contributed by atoms with E-state index in [1.165, 1.54) is 19.4 Å². The Labute approximate surface area is 137 Å². The van der Waals surface area contributed by atoms with Crippen LogP contribution < -0.4 is 0 Å². The minimum Gasteiger partial charge on any atom is -0.388 e. The number of aliphatic hydroxyl groups is 1. The van der Waals surface area contributed by atoms with Gasteiger partial charge in [-0.15, -0.1) is 0 Å². The van der Waals surface area contributed by atoms with Gasteiger partial charge in [0.25, 0.3) is 0 Å². The molecule has 0 amide bonds. The number of rotatable bonds is 7. The highest BCUT2D eigenvalue weighted by Gasteiger charge is 2.24. The first-order chi connectivity index (χ1) is 10.1. The molecule has 0 spiro atoms. The smallest absolute Gasteiger partial charge is 0.0802 e. The number of benzene rings is 1. The van der Waals surface area contributed by atoms with E-state index in [4.69, 9.17) is 0 Å². The van der Waals surface area contributed by atoms with E-state index in [2.05, 4.69) is 39.7 Å². The van der Waals surface area contributed by atoms with E-state index in [-0.39, 0.29) is 6.10 Å². The monoisotopic (exact) mass is 354 g/mol. The second-order valence-corrected chi connectivity index (χ2v) is 6.96. The van der Waals surface area contributed by atoms with Crippen LogP contribution in [0.3, 0.4) is 0 Å². The molecule has 0 aliphatic carbocycles. The summed E-state index contributed by atoms with van der Waals surface area (Å²) in [6.45, 7) is 6.69. The van der Waals surface area contributed by atoms with Crippen molar-refractivity contribution in [3.63, 3.8) is 0 Å². The molecule has 2 unspecified atom stereocenters. The van der Waals surface area contributed by atoms with Crippen LogP contribution in [0.2, 0.25) is 0 Å². The van der Waals surface area contributed by atoms with Crippen LogP contribution in [0.25, 0.3) is 0 Å². The number of hydrogen-bond donors (Lipinski definition) is 1. The van der Waals surface area contributed by atoms with Gasteiger partial charge in [0.2, 0.25) is 0 Å². The molecule has 21 heavy (non-hydrogen) atoms. The maximum Gasteiger partial charge on any atom is 0.0802 e. The Balaban J connectivity index is 1.75. The van der Waals surface area contributed by atoms with Crippen molar-refractivity contribution < 1.29 is 5.11 Å². The van der Waals surface area contributed by atoms with Gasteiger partial charge in [-0.3, -0.25) is 4.90 Å². The van der Waals surface area contributed by atoms with Crippen molar-refractivity contribution in [2.75, 3.05) is 33.2 Å². The molecule has 1 saturated heterocycles. The molecule has 0 radical (unpaired) electrons. The Morgan fingerprint density at radius 2 is 2.10 bits per heavy atom. The van der Waals surface area contributed by atoms with Gasteiger partial charge in [-0.2, -0.15) is 0 Å². The lowest BCUT2D eigenvalue weighted by Crippen LogP contribution is -2.39. The predicted octanol–water partition coefficient (Wildman–Crippen LogP) is 3.29. The summed E-state index contributed by atoms with van der Waals surface area (Å²) in [6, 6.07) is 8.65. The van der Waals surface area contributed by atoms with Crippen molar-refractivity contribution in [2.45, 2.75) is 38.3 Å². The van der Waals surface area contributed by atoms with Gasteiger partial charge in [-0.05, 0) is 57.1 Å². The SMILES string of the molecule is CCN1CCCC1CN(C)CCC(O)c1ccc(Br)cc1. The van der Waals surface area contributed by atoms with E-state index >= 15 is 0 Å². The summed E-state index contributed by atoms with van der Waals surface area (Å²) < 4.78 is 1.05. The fraction of sp³-hybridized carbons (Fsp3) is 0.647. The van der Waals surface area contributed by atoms with Crippen molar-refractivity contribution >= 4 is 15.9 Å². The summed E-state index contributed by atoms with van der Waals surface area (Å²) >= 11 is 3.42. The third kappa shape index (κ3) is 5.06. The van der Waals surface area contributed by atoms with Gasteiger partial charge < -0.3 is 10.0 Å². The van der Waals surface area contributed by atoms with Crippen LogP contribution in [0.15, 0.2) is 28.7 Å². The van der Waals surface area contributed by atoms with E-state index in [9.17, 15) is 5.11 Å². The van der Waals surface area contributed by atoms with Crippen molar-refractivity contribution in [3.8, 4) is 0 Å². The molecular weight excluding hydrogens is 328 g/mol. The second kappa shape index (κ2) is 8.28. The topological polar surface area (TPSA) is 26.7 Å². The molecule has 2 atom stereocenters. The maximum atomic E-state index is 10.3. The van der Waals surface area contributed by atoms with Crippen LogP contribution in [0, 0.1) is 0 Å². The van der Waals surface area contributed by atoms with Crippen LogP contribution in [-0.4, -0.2) is 54.2 Å².